The molecule has 2 heterocycles. The molecule has 0 fully saturated rings. The van der Waals surface area contributed by atoms with Crippen LogP contribution in [0.3, 0.4) is 0 Å². The first-order chi connectivity index (χ1) is 15.0. The van der Waals surface area contributed by atoms with Gasteiger partial charge in [-0.05, 0) is 49.7 Å². The van der Waals surface area contributed by atoms with E-state index in [0.29, 0.717) is 41.9 Å². The second-order valence-corrected chi connectivity index (χ2v) is 7.24. The van der Waals surface area contributed by atoms with Gasteiger partial charge in [-0.2, -0.15) is 5.10 Å². The standard InChI is InChI=1S/C23H25N3O5/c1-13-21(17-12-16(28-3)6-8-18(17)29-4)25-26-22(13)23(27)24-14(2)15-5-7-19-20(11-15)31-10-9-30-19/h5-8,11-12,14H,9-10H2,1-4H3,(H,24,27)(H,25,26)/t14-/m1/s1. The average molecular weight is 423 g/mol. The fourth-order valence-corrected chi connectivity index (χ4v) is 3.56. The molecular formula is C23H25N3O5. The minimum Gasteiger partial charge on any atom is -0.497 e. The van der Waals surface area contributed by atoms with E-state index >= 15 is 0 Å². The van der Waals surface area contributed by atoms with Crippen molar-refractivity contribution < 1.29 is 23.7 Å². The Bertz CT molecular complexity index is 1110. The summed E-state index contributed by atoms with van der Waals surface area (Å²) >= 11 is 0. The van der Waals surface area contributed by atoms with Crippen molar-refractivity contribution in [1.82, 2.24) is 15.5 Å². The van der Waals surface area contributed by atoms with E-state index in [9.17, 15) is 4.79 Å². The van der Waals surface area contributed by atoms with Gasteiger partial charge in [0.1, 0.15) is 30.4 Å². The molecule has 1 aliphatic rings. The Morgan fingerprint density at radius 3 is 2.61 bits per heavy atom. The first kappa shape index (κ1) is 20.6. The molecule has 0 saturated heterocycles. The summed E-state index contributed by atoms with van der Waals surface area (Å²) in [5, 5.41) is 10.2. The van der Waals surface area contributed by atoms with E-state index in [1.807, 2.05) is 50.2 Å². The van der Waals surface area contributed by atoms with Gasteiger partial charge in [-0.15, -0.1) is 0 Å². The molecule has 1 aromatic heterocycles. The number of aromatic amines is 1. The zero-order chi connectivity index (χ0) is 22.0. The number of nitrogens with zero attached hydrogens (tertiary/aromatic N) is 1. The lowest BCUT2D eigenvalue weighted by Crippen LogP contribution is -2.27. The number of hydrogen-bond acceptors (Lipinski definition) is 6. The van der Waals surface area contributed by atoms with Gasteiger partial charge in [-0.1, -0.05) is 6.07 Å². The van der Waals surface area contributed by atoms with Crippen LogP contribution in [-0.4, -0.2) is 43.5 Å². The van der Waals surface area contributed by atoms with Gasteiger partial charge in [0.05, 0.1) is 26.0 Å². The van der Waals surface area contributed by atoms with Crippen molar-refractivity contribution in [3.05, 3.63) is 53.2 Å². The fourth-order valence-electron chi connectivity index (χ4n) is 3.56. The zero-order valence-electron chi connectivity index (χ0n) is 17.9. The third-order valence-corrected chi connectivity index (χ3v) is 5.31. The lowest BCUT2D eigenvalue weighted by molar-refractivity contribution is 0.0934. The number of hydrogen-bond donors (Lipinski definition) is 2. The molecule has 1 atom stereocenters. The number of fused-ring (bicyclic) bond motifs is 1. The Balaban J connectivity index is 1.56. The highest BCUT2D eigenvalue weighted by atomic mass is 16.6. The Morgan fingerprint density at radius 1 is 1.10 bits per heavy atom. The second-order valence-electron chi connectivity index (χ2n) is 7.24. The molecule has 162 valence electrons. The van der Waals surface area contributed by atoms with Crippen LogP contribution in [0.2, 0.25) is 0 Å². The first-order valence-electron chi connectivity index (χ1n) is 9.99. The third-order valence-electron chi connectivity index (χ3n) is 5.31. The van der Waals surface area contributed by atoms with Crippen LogP contribution in [0.5, 0.6) is 23.0 Å². The maximum absolute atomic E-state index is 13.0. The topological polar surface area (TPSA) is 94.7 Å². The largest absolute Gasteiger partial charge is 0.497 e. The highest BCUT2D eigenvalue weighted by Gasteiger charge is 2.22. The van der Waals surface area contributed by atoms with Crippen LogP contribution in [0.4, 0.5) is 0 Å². The van der Waals surface area contributed by atoms with Crippen molar-refractivity contribution in [2.75, 3.05) is 27.4 Å². The van der Waals surface area contributed by atoms with Crippen molar-refractivity contribution in [2.24, 2.45) is 0 Å². The third kappa shape index (κ3) is 4.01. The molecule has 8 nitrogen and oxygen atoms in total. The van der Waals surface area contributed by atoms with Gasteiger partial charge in [0.2, 0.25) is 0 Å². The fraction of sp³-hybridized carbons (Fsp3) is 0.304. The molecule has 0 spiro atoms. The summed E-state index contributed by atoms with van der Waals surface area (Å²) in [6, 6.07) is 10.9. The Morgan fingerprint density at radius 2 is 1.87 bits per heavy atom. The summed E-state index contributed by atoms with van der Waals surface area (Å²) in [7, 11) is 3.19. The van der Waals surface area contributed by atoms with Crippen molar-refractivity contribution in [1.29, 1.82) is 0 Å². The average Bonchev–Trinajstić information content (AvgIpc) is 3.19. The Hall–Kier alpha value is -3.68. The normalized spacial score (nSPS) is 13.4. The molecule has 1 amide bonds. The van der Waals surface area contributed by atoms with Gasteiger partial charge in [0.25, 0.3) is 5.91 Å². The van der Waals surface area contributed by atoms with Crippen LogP contribution in [0, 0.1) is 6.92 Å². The number of carbonyl (C=O) groups excluding carboxylic acids is 1. The van der Waals surface area contributed by atoms with Crippen LogP contribution in [0.1, 0.15) is 34.6 Å². The van der Waals surface area contributed by atoms with Crippen molar-refractivity contribution >= 4 is 5.91 Å². The van der Waals surface area contributed by atoms with Gasteiger partial charge in [-0.25, -0.2) is 0 Å². The van der Waals surface area contributed by atoms with Crippen molar-refractivity contribution in [3.8, 4) is 34.3 Å². The van der Waals surface area contributed by atoms with E-state index < -0.39 is 0 Å². The Labute approximate surface area is 180 Å². The van der Waals surface area contributed by atoms with Gasteiger partial charge in [0.15, 0.2) is 11.5 Å². The maximum Gasteiger partial charge on any atom is 0.270 e. The summed E-state index contributed by atoms with van der Waals surface area (Å²) in [5.41, 5.74) is 3.41. The Kier molecular flexibility index (Phi) is 5.70. The smallest absolute Gasteiger partial charge is 0.270 e. The van der Waals surface area contributed by atoms with Crippen LogP contribution in [-0.2, 0) is 0 Å². The molecule has 8 heteroatoms. The van der Waals surface area contributed by atoms with Crippen molar-refractivity contribution in [2.45, 2.75) is 19.9 Å². The number of nitrogens with one attached hydrogen (secondary N) is 2. The number of benzene rings is 2. The second kappa shape index (κ2) is 8.59. The SMILES string of the molecule is COc1ccc(OC)c(-c2n[nH]c(C(=O)N[C@H](C)c3ccc4c(c3)OCCO4)c2C)c1. The number of rotatable bonds is 6. The minimum atomic E-state index is -0.250. The highest BCUT2D eigenvalue weighted by Crippen LogP contribution is 2.35. The molecule has 4 rings (SSSR count). The van der Waals surface area contributed by atoms with Crippen molar-refractivity contribution in [3.63, 3.8) is 0 Å². The molecule has 0 unspecified atom stereocenters. The van der Waals surface area contributed by atoms with E-state index in [0.717, 1.165) is 22.4 Å². The lowest BCUT2D eigenvalue weighted by Gasteiger charge is -2.21. The molecule has 0 saturated carbocycles. The number of H-pyrrole nitrogens is 1. The number of ether oxygens (including phenoxy) is 4. The van der Waals surface area contributed by atoms with Crippen LogP contribution in [0.25, 0.3) is 11.3 Å². The summed E-state index contributed by atoms with van der Waals surface area (Å²) in [5.74, 6) is 2.48. The van der Waals surface area contributed by atoms with E-state index in [1.54, 1.807) is 14.2 Å². The number of amides is 1. The highest BCUT2D eigenvalue weighted by molar-refractivity contribution is 5.96. The number of carbonyl (C=O) groups is 1. The molecule has 2 N–H and O–H groups in total. The maximum atomic E-state index is 13.0. The van der Waals surface area contributed by atoms with E-state index in [4.69, 9.17) is 18.9 Å². The molecule has 0 radical (unpaired) electrons. The summed E-state index contributed by atoms with van der Waals surface area (Å²) in [6.07, 6.45) is 0. The van der Waals surface area contributed by atoms with E-state index in [-0.39, 0.29) is 11.9 Å². The lowest BCUT2D eigenvalue weighted by atomic mass is 10.0. The van der Waals surface area contributed by atoms with E-state index in [1.165, 1.54) is 0 Å². The van der Waals surface area contributed by atoms with Gasteiger partial charge < -0.3 is 24.3 Å². The molecule has 1 aliphatic heterocycles. The van der Waals surface area contributed by atoms with Gasteiger partial charge in [-0.3, -0.25) is 9.89 Å². The first-order valence-corrected chi connectivity index (χ1v) is 9.99. The predicted molar refractivity (Wildman–Crippen MR) is 115 cm³/mol. The van der Waals surface area contributed by atoms with Gasteiger partial charge in [0, 0.05) is 11.1 Å². The molecule has 3 aromatic rings. The number of aromatic nitrogens is 2. The van der Waals surface area contributed by atoms with Crippen LogP contribution >= 0.6 is 0 Å². The molecule has 0 bridgehead atoms. The monoisotopic (exact) mass is 423 g/mol. The minimum absolute atomic E-state index is 0.235. The molecule has 31 heavy (non-hydrogen) atoms. The predicted octanol–water partition coefficient (Wildman–Crippen LogP) is 3.66. The summed E-state index contributed by atoms with van der Waals surface area (Å²) < 4.78 is 22.0. The molecule has 2 aromatic carbocycles. The van der Waals surface area contributed by atoms with E-state index in [2.05, 4.69) is 15.5 Å². The van der Waals surface area contributed by atoms with Crippen LogP contribution in [0.15, 0.2) is 36.4 Å². The van der Waals surface area contributed by atoms with Crippen LogP contribution < -0.4 is 24.3 Å². The molecular weight excluding hydrogens is 398 g/mol. The zero-order valence-corrected chi connectivity index (χ0v) is 17.9. The van der Waals surface area contributed by atoms with Gasteiger partial charge >= 0.3 is 0 Å². The molecule has 0 aliphatic carbocycles. The summed E-state index contributed by atoms with van der Waals surface area (Å²) in [6.45, 7) is 4.82. The quantitative estimate of drug-likeness (QED) is 0.628. The number of methoxy groups -OCH3 is 2. The summed E-state index contributed by atoms with van der Waals surface area (Å²) in [4.78, 5) is 13.0.